The average Bonchev–Trinajstić information content (AvgIpc) is 2.57. The molecule has 0 aliphatic carbocycles. The van der Waals surface area contributed by atoms with Crippen LogP contribution in [0.1, 0.15) is 24.2 Å². The van der Waals surface area contributed by atoms with Gasteiger partial charge in [0.2, 0.25) is 5.91 Å². The van der Waals surface area contributed by atoms with Gasteiger partial charge in [-0.3, -0.25) is 14.4 Å². The molecule has 2 aromatic carbocycles. The van der Waals surface area contributed by atoms with Crippen molar-refractivity contribution in [2.24, 2.45) is 0 Å². The van der Waals surface area contributed by atoms with Crippen LogP contribution in [-0.2, 0) is 9.59 Å². The number of halogens is 1. The van der Waals surface area contributed by atoms with Gasteiger partial charge in [0.05, 0.1) is 5.69 Å². The molecule has 6 heteroatoms. The Balaban J connectivity index is 2.00. The summed E-state index contributed by atoms with van der Waals surface area (Å²) in [5, 5.41) is 4.99. The van der Waals surface area contributed by atoms with Gasteiger partial charge < -0.3 is 10.6 Å². The van der Waals surface area contributed by atoms with E-state index in [4.69, 9.17) is 0 Å². The zero-order valence-corrected chi connectivity index (χ0v) is 13.8. The third-order valence-electron chi connectivity index (χ3n) is 3.39. The van der Waals surface area contributed by atoms with Crippen LogP contribution in [-0.4, -0.2) is 17.6 Å². The molecule has 2 N–H and O–H groups in total. The maximum Gasteiger partial charge on any atom is 0.251 e. The fourth-order valence-corrected chi connectivity index (χ4v) is 2.01. The van der Waals surface area contributed by atoms with Crippen molar-refractivity contribution >= 4 is 29.0 Å². The number of hydrogen-bond acceptors (Lipinski definition) is 3. The van der Waals surface area contributed by atoms with Crippen molar-refractivity contribution in [1.82, 2.24) is 0 Å². The topological polar surface area (TPSA) is 75.3 Å². The molecule has 5 nitrogen and oxygen atoms in total. The molecule has 0 saturated heterocycles. The van der Waals surface area contributed by atoms with Crippen LogP contribution in [0.15, 0.2) is 60.2 Å². The summed E-state index contributed by atoms with van der Waals surface area (Å²) in [6.07, 6.45) is 1.12. The summed E-state index contributed by atoms with van der Waals surface area (Å²) in [4.78, 5) is 35.2. The van der Waals surface area contributed by atoms with Crippen LogP contribution in [0.3, 0.4) is 0 Å². The van der Waals surface area contributed by atoms with Gasteiger partial charge in [0.15, 0.2) is 5.78 Å². The minimum absolute atomic E-state index is 0.0421. The number of carbonyl (C=O) groups excluding carboxylic acids is 3. The molecule has 0 atom stereocenters. The predicted molar refractivity (Wildman–Crippen MR) is 93.9 cm³/mol. The summed E-state index contributed by atoms with van der Waals surface area (Å²) < 4.78 is 13.5. The molecule has 25 heavy (non-hydrogen) atoms. The molecule has 0 radical (unpaired) electrons. The molecule has 0 bridgehead atoms. The van der Waals surface area contributed by atoms with Crippen molar-refractivity contribution in [3.63, 3.8) is 0 Å². The molecule has 0 heterocycles. The maximum absolute atomic E-state index is 13.5. The lowest BCUT2D eigenvalue weighted by Gasteiger charge is -2.07. The molecule has 0 saturated carbocycles. The van der Waals surface area contributed by atoms with Gasteiger partial charge >= 0.3 is 0 Å². The summed E-state index contributed by atoms with van der Waals surface area (Å²) in [7, 11) is 0. The number of rotatable bonds is 5. The average molecular weight is 340 g/mol. The van der Waals surface area contributed by atoms with Gasteiger partial charge in [-0.1, -0.05) is 12.1 Å². The third kappa shape index (κ3) is 5.10. The van der Waals surface area contributed by atoms with Crippen molar-refractivity contribution in [2.45, 2.75) is 13.8 Å². The lowest BCUT2D eigenvalue weighted by atomic mass is 10.1. The highest BCUT2D eigenvalue weighted by Crippen LogP contribution is 2.14. The standard InChI is InChI=1S/C19H17FN2O3/c1-12(19(25)22-17-6-4-3-5-16(17)20)11-18(24)21-15-9-7-14(8-10-15)13(2)23/h3-11H,1-2H3,(H,21,24)(H,22,25)/b12-11-. The molecule has 0 unspecified atom stereocenters. The Labute approximate surface area is 144 Å². The molecule has 0 aliphatic rings. The summed E-state index contributed by atoms with van der Waals surface area (Å²) in [5.41, 5.74) is 1.20. The lowest BCUT2D eigenvalue weighted by Crippen LogP contribution is -2.16. The van der Waals surface area contributed by atoms with E-state index in [1.807, 2.05) is 0 Å². The molecule has 128 valence electrons. The quantitative estimate of drug-likeness (QED) is 0.645. The van der Waals surface area contributed by atoms with Crippen molar-refractivity contribution in [2.75, 3.05) is 10.6 Å². The monoisotopic (exact) mass is 340 g/mol. The maximum atomic E-state index is 13.5. The van der Waals surface area contributed by atoms with Crippen LogP contribution in [0.25, 0.3) is 0 Å². The molecule has 0 fully saturated rings. The first kappa shape index (κ1) is 18.1. The largest absolute Gasteiger partial charge is 0.323 e. The third-order valence-corrected chi connectivity index (χ3v) is 3.39. The van der Waals surface area contributed by atoms with E-state index in [-0.39, 0.29) is 17.0 Å². The Morgan fingerprint density at radius 1 is 0.920 bits per heavy atom. The van der Waals surface area contributed by atoms with E-state index in [1.165, 1.54) is 32.0 Å². The van der Waals surface area contributed by atoms with Crippen LogP contribution in [0, 0.1) is 5.82 Å². The van der Waals surface area contributed by atoms with Crippen LogP contribution in [0.2, 0.25) is 0 Å². The van der Waals surface area contributed by atoms with Crippen molar-refractivity contribution < 1.29 is 18.8 Å². The van der Waals surface area contributed by atoms with Crippen LogP contribution < -0.4 is 10.6 Å². The number of ketones is 1. The summed E-state index contributed by atoms with van der Waals surface area (Å²) in [5.74, 6) is -1.71. The second-order valence-corrected chi connectivity index (χ2v) is 5.38. The molecule has 0 aromatic heterocycles. The molecule has 0 spiro atoms. The van der Waals surface area contributed by atoms with Gasteiger partial charge in [-0.2, -0.15) is 0 Å². The van der Waals surface area contributed by atoms with E-state index < -0.39 is 17.6 Å². The highest BCUT2D eigenvalue weighted by Gasteiger charge is 2.10. The zero-order chi connectivity index (χ0) is 18.4. The first-order valence-corrected chi connectivity index (χ1v) is 7.53. The van der Waals surface area contributed by atoms with Crippen molar-refractivity contribution in [1.29, 1.82) is 0 Å². The van der Waals surface area contributed by atoms with Crippen LogP contribution in [0.4, 0.5) is 15.8 Å². The smallest absolute Gasteiger partial charge is 0.251 e. The minimum atomic E-state index is -0.577. The number of carbonyl (C=O) groups is 3. The number of Topliss-reactive ketones (excluding diaryl/α,β-unsaturated/α-hetero) is 1. The Morgan fingerprint density at radius 2 is 1.56 bits per heavy atom. The van der Waals surface area contributed by atoms with Gasteiger partial charge in [-0.15, -0.1) is 0 Å². The van der Waals surface area contributed by atoms with E-state index in [0.29, 0.717) is 11.3 Å². The molecular formula is C19H17FN2O3. The van der Waals surface area contributed by atoms with Crippen molar-refractivity contribution in [3.8, 4) is 0 Å². The Bertz CT molecular complexity index is 842. The first-order chi connectivity index (χ1) is 11.9. The van der Waals surface area contributed by atoms with Crippen LogP contribution >= 0.6 is 0 Å². The number of para-hydroxylation sites is 1. The number of benzene rings is 2. The Kier molecular flexibility index (Phi) is 5.79. The van der Waals surface area contributed by atoms with E-state index in [0.717, 1.165) is 6.08 Å². The van der Waals surface area contributed by atoms with Gasteiger partial charge in [-0.25, -0.2) is 4.39 Å². The molecule has 2 rings (SSSR count). The number of amides is 2. The molecule has 2 amide bonds. The Morgan fingerprint density at radius 3 is 2.16 bits per heavy atom. The molecule has 2 aromatic rings. The SMILES string of the molecule is CC(=O)c1ccc(NC(=O)/C=C(/C)C(=O)Nc2ccccc2F)cc1. The summed E-state index contributed by atoms with van der Waals surface area (Å²) >= 11 is 0. The second-order valence-electron chi connectivity index (χ2n) is 5.38. The number of hydrogen-bond donors (Lipinski definition) is 2. The van der Waals surface area contributed by atoms with E-state index >= 15 is 0 Å². The highest BCUT2D eigenvalue weighted by molar-refractivity contribution is 6.10. The summed E-state index contributed by atoms with van der Waals surface area (Å²) in [6.45, 7) is 2.91. The second kappa shape index (κ2) is 8.01. The van der Waals surface area contributed by atoms with E-state index in [2.05, 4.69) is 10.6 Å². The fraction of sp³-hybridized carbons (Fsp3) is 0.105. The first-order valence-electron chi connectivity index (χ1n) is 7.53. The minimum Gasteiger partial charge on any atom is -0.323 e. The van der Waals surface area contributed by atoms with Crippen molar-refractivity contribution in [3.05, 3.63) is 71.6 Å². The summed E-state index contributed by atoms with van der Waals surface area (Å²) in [6, 6.07) is 12.1. The number of nitrogens with one attached hydrogen (secondary N) is 2. The molecule has 0 aliphatic heterocycles. The lowest BCUT2D eigenvalue weighted by molar-refractivity contribution is -0.114. The van der Waals surface area contributed by atoms with Crippen LogP contribution in [0.5, 0.6) is 0 Å². The van der Waals surface area contributed by atoms with Gasteiger partial charge in [0.1, 0.15) is 5.82 Å². The number of anilines is 2. The zero-order valence-electron chi connectivity index (χ0n) is 13.8. The molecular weight excluding hydrogens is 323 g/mol. The fourth-order valence-electron chi connectivity index (χ4n) is 2.01. The highest BCUT2D eigenvalue weighted by atomic mass is 19.1. The Hall–Kier alpha value is -3.28. The van der Waals surface area contributed by atoms with Gasteiger partial charge in [0, 0.05) is 22.9 Å². The van der Waals surface area contributed by atoms with Gasteiger partial charge in [-0.05, 0) is 50.2 Å². The predicted octanol–water partition coefficient (Wildman–Crippen LogP) is 3.55. The van der Waals surface area contributed by atoms with E-state index in [1.54, 1.807) is 30.3 Å². The normalized spacial score (nSPS) is 10.9. The van der Waals surface area contributed by atoms with Gasteiger partial charge in [0.25, 0.3) is 5.91 Å². The van der Waals surface area contributed by atoms with E-state index in [9.17, 15) is 18.8 Å².